The highest BCUT2D eigenvalue weighted by Crippen LogP contribution is 2.48. The summed E-state index contributed by atoms with van der Waals surface area (Å²) in [6.07, 6.45) is 5.42. The molecule has 2 N–H and O–H groups in total. The first-order valence-corrected chi connectivity index (χ1v) is 8.89. The Bertz CT molecular complexity index is 525. The number of hydrogen-bond donors (Lipinski definition) is 2. The standard InChI is InChI=1S/C19H28N2O3/c1-23-10-9-19(7-8-19)14-20-16-11-17(12-16)21-18(22)24-13-15-5-3-2-4-6-15/h2-6,16-17,20H,7-14H2,1H3,(H,21,22). The highest BCUT2D eigenvalue weighted by molar-refractivity contribution is 5.67. The molecule has 2 aliphatic carbocycles. The van der Waals surface area contributed by atoms with Crippen LogP contribution in [0.3, 0.4) is 0 Å². The van der Waals surface area contributed by atoms with Gasteiger partial charge in [0, 0.05) is 32.3 Å². The third-order valence-electron chi connectivity index (χ3n) is 5.23. The number of hydrogen-bond acceptors (Lipinski definition) is 4. The molecule has 1 amide bonds. The molecule has 5 heteroatoms. The lowest BCUT2D eigenvalue weighted by Crippen LogP contribution is -2.53. The zero-order valence-electron chi connectivity index (χ0n) is 14.4. The SMILES string of the molecule is COCCC1(CNC2CC(NC(=O)OCc3ccccc3)C2)CC1. The largest absolute Gasteiger partial charge is 0.445 e. The fourth-order valence-electron chi connectivity index (χ4n) is 3.21. The number of carbonyl (C=O) groups excluding carboxylic acids is 1. The first kappa shape index (κ1) is 17.2. The molecule has 0 aliphatic heterocycles. The molecule has 0 unspecified atom stereocenters. The lowest BCUT2D eigenvalue weighted by molar-refractivity contribution is 0.124. The highest BCUT2D eigenvalue weighted by atomic mass is 16.5. The molecule has 0 heterocycles. The minimum atomic E-state index is -0.318. The van der Waals surface area contributed by atoms with E-state index < -0.39 is 0 Å². The summed E-state index contributed by atoms with van der Waals surface area (Å²) in [6, 6.07) is 10.5. The maximum atomic E-state index is 11.8. The summed E-state index contributed by atoms with van der Waals surface area (Å²) in [5, 5.41) is 6.59. The maximum absolute atomic E-state index is 11.8. The third kappa shape index (κ3) is 4.95. The molecule has 0 bridgehead atoms. The van der Waals surface area contributed by atoms with E-state index in [0.717, 1.165) is 38.0 Å². The van der Waals surface area contributed by atoms with Gasteiger partial charge in [-0.15, -0.1) is 0 Å². The number of nitrogens with one attached hydrogen (secondary N) is 2. The minimum Gasteiger partial charge on any atom is -0.445 e. The van der Waals surface area contributed by atoms with Crippen molar-refractivity contribution in [2.45, 2.75) is 50.8 Å². The Kier molecular flexibility index (Phi) is 5.74. The van der Waals surface area contributed by atoms with Gasteiger partial charge in [-0.2, -0.15) is 0 Å². The van der Waals surface area contributed by atoms with Crippen LogP contribution < -0.4 is 10.6 Å². The number of amides is 1. The quantitative estimate of drug-likeness (QED) is 0.730. The van der Waals surface area contributed by atoms with Crippen LogP contribution in [-0.4, -0.2) is 38.4 Å². The molecular weight excluding hydrogens is 304 g/mol. The van der Waals surface area contributed by atoms with E-state index in [-0.39, 0.29) is 12.1 Å². The van der Waals surface area contributed by atoms with Crippen molar-refractivity contribution in [1.82, 2.24) is 10.6 Å². The predicted molar refractivity (Wildman–Crippen MR) is 92.7 cm³/mol. The van der Waals surface area contributed by atoms with Gasteiger partial charge in [0.2, 0.25) is 0 Å². The van der Waals surface area contributed by atoms with Crippen LogP contribution in [0.5, 0.6) is 0 Å². The van der Waals surface area contributed by atoms with Crippen molar-refractivity contribution >= 4 is 6.09 Å². The molecule has 5 nitrogen and oxygen atoms in total. The van der Waals surface area contributed by atoms with Crippen LogP contribution in [0.1, 0.15) is 37.7 Å². The van der Waals surface area contributed by atoms with E-state index >= 15 is 0 Å². The van der Waals surface area contributed by atoms with Gasteiger partial charge in [0.15, 0.2) is 0 Å². The highest BCUT2D eigenvalue weighted by Gasteiger charge is 2.43. The summed E-state index contributed by atoms with van der Waals surface area (Å²) < 4.78 is 10.4. The maximum Gasteiger partial charge on any atom is 0.407 e. The summed E-state index contributed by atoms with van der Waals surface area (Å²) in [7, 11) is 1.77. The molecular formula is C19H28N2O3. The summed E-state index contributed by atoms with van der Waals surface area (Å²) in [5.74, 6) is 0. The summed E-state index contributed by atoms with van der Waals surface area (Å²) >= 11 is 0. The van der Waals surface area contributed by atoms with Crippen LogP contribution in [0.2, 0.25) is 0 Å². The molecule has 0 atom stereocenters. The van der Waals surface area contributed by atoms with Crippen LogP contribution in [-0.2, 0) is 16.1 Å². The van der Waals surface area contributed by atoms with Crippen LogP contribution in [0.4, 0.5) is 4.79 Å². The van der Waals surface area contributed by atoms with Crippen LogP contribution in [0.25, 0.3) is 0 Å². The molecule has 0 saturated heterocycles. The van der Waals surface area contributed by atoms with Crippen molar-refractivity contribution in [3.63, 3.8) is 0 Å². The molecule has 0 spiro atoms. The molecule has 24 heavy (non-hydrogen) atoms. The van der Waals surface area contributed by atoms with Gasteiger partial charge in [-0.25, -0.2) is 4.79 Å². The van der Waals surface area contributed by atoms with Gasteiger partial charge in [0.05, 0.1) is 0 Å². The third-order valence-corrected chi connectivity index (χ3v) is 5.23. The van der Waals surface area contributed by atoms with Crippen LogP contribution in [0, 0.1) is 5.41 Å². The van der Waals surface area contributed by atoms with Crippen molar-refractivity contribution in [3.8, 4) is 0 Å². The number of alkyl carbamates (subject to hydrolysis) is 1. The average molecular weight is 332 g/mol. The Morgan fingerprint density at radius 3 is 2.62 bits per heavy atom. The van der Waals surface area contributed by atoms with E-state index in [0.29, 0.717) is 18.1 Å². The van der Waals surface area contributed by atoms with Crippen molar-refractivity contribution < 1.29 is 14.3 Å². The minimum absolute atomic E-state index is 0.236. The molecule has 3 rings (SSSR count). The van der Waals surface area contributed by atoms with Gasteiger partial charge in [-0.3, -0.25) is 0 Å². The zero-order chi connectivity index (χ0) is 16.8. The Labute approximate surface area is 144 Å². The monoisotopic (exact) mass is 332 g/mol. The van der Waals surface area contributed by atoms with Crippen LogP contribution >= 0.6 is 0 Å². The van der Waals surface area contributed by atoms with Crippen LogP contribution in [0.15, 0.2) is 30.3 Å². The van der Waals surface area contributed by atoms with Gasteiger partial charge >= 0.3 is 6.09 Å². The van der Waals surface area contributed by atoms with Gasteiger partial charge in [-0.05, 0) is 43.1 Å². The Hall–Kier alpha value is -1.59. The van der Waals surface area contributed by atoms with Gasteiger partial charge in [0.25, 0.3) is 0 Å². The second-order valence-corrected chi connectivity index (χ2v) is 7.20. The van der Waals surface area contributed by atoms with E-state index in [1.165, 1.54) is 12.8 Å². The van der Waals surface area contributed by atoms with Gasteiger partial charge in [0.1, 0.15) is 6.61 Å². The smallest absolute Gasteiger partial charge is 0.407 e. The zero-order valence-corrected chi connectivity index (χ0v) is 14.4. The predicted octanol–water partition coefficient (Wildman–Crippen LogP) is 2.85. The fraction of sp³-hybridized carbons (Fsp3) is 0.632. The van der Waals surface area contributed by atoms with Gasteiger partial charge in [-0.1, -0.05) is 30.3 Å². The summed E-state index contributed by atoms with van der Waals surface area (Å²) in [6.45, 7) is 2.25. The first-order valence-electron chi connectivity index (χ1n) is 8.89. The molecule has 2 aliphatic rings. The number of methoxy groups -OCH3 is 1. The topological polar surface area (TPSA) is 59.6 Å². The molecule has 1 aromatic carbocycles. The fourth-order valence-corrected chi connectivity index (χ4v) is 3.21. The van der Waals surface area contributed by atoms with Crippen molar-refractivity contribution in [2.75, 3.05) is 20.3 Å². The molecule has 2 fully saturated rings. The van der Waals surface area contributed by atoms with E-state index in [9.17, 15) is 4.79 Å². The Morgan fingerprint density at radius 1 is 1.21 bits per heavy atom. The normalized spacial score (nSPS) is 24.0. The number of benzene rings is 1. The second-order valence-electron chi connectivity index (χ2n) is 7.20. The van der Waals surface area contributed by atoms with Crippen molar-refractivity contribution in [1.29, 1.82) is 0 Å². The number of ether oxygens (including phenoxy) is 2. The van der Waals surface area contributed by atoms with Gasteiger partial charge < -0.3 is 20.1 Å². The molecule has 0 radical (unpaired) electrons. The lowest BCUT2D eigenvalue weighted by atomic mass is 9.86. The number of rotatable bonds is 9. The molecule has 132 valence electrons. The summed E-state index contributed by atoms with van der Waals surface area (Å²) in [5.41, 5.74) is 1.48. The molecule has 2 saturated carbocycles. The second kappa shape index (κ2) is 7.99. The average Bonchev–Trinajstić information content (AvgIpc) is 3.34. The summed E-state index contributed by atoms with van der Waals surface area (Å²) in [4.78, 5) is 11.8. The van der Waals surface area contributed by atoms with Crippen molar-refractivity contribution in [2.24, 2.45) is 5.41 Å². The first-order chi connectivity index (χ1) is 11.7. The van der Waals surface area contributed by atoms with E-state index in [1.807, 2.05) is 30.3 Å². The number of carbonyl (C=O) groups is 1. The van der Waals surface area contributed by atoms with Crippen molar-refractivity contribution in [3.05, 3.63) is 35.9 Å². The van der Waals surface area contributed by atoms with E-state index in [2.05, 4.69) is 10.6 Å². The lowest BCUT2D eigenvalue weighted by Gasteiger charge is -2.37. The molecule has 0 aromatic heterocycles. The Balaban J connectivity index is 1.26. The van der Waals surface area contributed by atoms with E-state index in [4.69, 9.17) is 9.47 Å². The molecule has 1 aromatic rings. The Morgan fingerprint density at radius 2 is 1.96 bits per heavy atom. The van der Waals surface area contributed by atoms with E-state index in [1.54, 1.807) is 7.11 Å².